The van der Waals surface area contributed by atoms with E-state index in [1.165, 1.54) is 19.1 Å². The molecular formula is C23H21ClFNO5. The Labute approximate surface area is 184 Å². The van der Waals surface area contributed by atoms with Gasteiger partial charge in [0.15, 0.2) is 5.78 Å². The molecular weight excluding hydrogens is 425 g/mol. The van der Waals surface area contributed by atoms with E-state index in [0.29, 0.717) is 36.0 Å². The summed E-state index contributed by atoms with van der Waals surface area (Å²) < 4.78 is 30.6. The van der Waals surface area contributed by atoms with Gasteiger partial charge in [-0.25, -0.2) is 4.39 Å². The van der Waals surface area contributed by atoms with E-state index in [4.69, 9.17) is 25.8 Å². The lowest BCUT2D eigenvalue weighted by Crippen LogP contribution is -2.48. The van der Waals surface area contributed by atoms with E-state index in [1.54, 1.807) is 29.2 Å². The highest BCUT2D eigenvalue weighted by Crippen LogP contribution is 2.30. The lowest BCUT2D eigenvalue weighted by molar-refractivity contribution is -0.136. The van der Waals surface area contributed by atoms with E-state index in [9.17, 15) is 14.0 Å². The van der Waals surface area contributed by atoms with E-state index in [-0.39, 0.29) is 42.3 Å². The highest BCUT2D eigenvalue weighted by molar-refractivity contribution is 6.30. The van der Waals surface area contributed by atoms with Gasteiger partial charge in [-0.15, -0.1) is 0 Å². The summed E-state index contributed by atoms with van der Waals surface area (Å²) in [4.78, 5) is 26.4. The van der Waals surface area contributed by atoms with Crippen LogP contribution in [0.15, 0.2) is 42.0 Å². The molecule has 0 N–H and O–H groups in total. The van der Waals surface area contributed by atoms with Gasteiger partial charge in [0.2, 0.25) is 0 Å². The van der Waals surface area contributed by atoms with Gasteiger partial charge >= 0.3 is 0 Å². The minimum atomic E-state index is -0.505. The predicted molar refractivity (Wildman–Crippen MR) is 113 cm³/mol. The SMILES string of the molecule is CC(=O)c1cc(F)ccc1OCC1CN(C(=O)C2=Cc3cc(Cl)ccc3OC2)CCO1. The minimum Gasteiger partial charge on any atom is -0.490 e. The standard InChI is InChI=1S/C23H21ClFNO5/c1-14(27)20-10-18(25)3-5-22(20)31-13-19-11-26(6-7-29-19)23(28)16-8-15-9-17(24)2-4-21(15)30-12-16/h2-5,8-10,19H,6-7,11-13H2,1H3. The Kier molecular flexibility index (Phi) is 6.25. The van der Waals surface area contributed by atoms with Gasteiger partial charge in [-0.3, -0.25) is 9.59 Å². The largest absolute Gasteiger partial charge is 0.490 e. The fraction of sp³-hybridized carbons (Fsp3) is 0.304. The van der Waals surface area contributed by atoms with Crippen molar-refractivity contribution in [3.8, 4) is 11.5 Å². The van der Waals surface area contributed by atoms with Crippen LogP contribution in [-0.4, -0.2) is 55.6 Å². The Bertz CT molecular complexity index is 1050. The number of ketones is 1. The molecule has 6 nitrogen and oxygen atoms in total. The monoisotopic (exact) mass is 445 g/mol. The van der Waals surface area contributed by atoms with Crippen molar-refractivity contribution in [2.24, 2.45) is 0 Å². The summed E-state index contributed by atoms with van der Waals surface area (Å²) in [6.45, 7) is 2.80. The van der Waals surface area contributed by atoms with Crippen molar-refractivity contribution in [2.75, 3.05) is 32.9 Å². The van der Waals surface area contributed by atoms with E-state index < -0.39 is 5.82 Å². The normalized spacial score (nSPS) is 18.0. The summed E-state index contributed by atoms with van der Waals surface area (Å²) >= 11 is 6.04. The van der Waals surface area contributed by atoms with E-state index in [1.807, 2.05) is 0 Å². The summed E-state index contributed by atoms with van der Waals surface area (Å²) in [5.74, 6) is 0.0484. The summed E-state index contributed by atoms with van der Waals surface area (Å²) in [6.07, 6.45) is 1.42. The molecule has 162 valence electrons. The van der Waals surface area contributed by atoms with Gasteiger partial charge in [-0.05, 0) is 49.4 Å². The van der Waals surface area contributed by atoms with E-state index in [0.717, 1.165) is 11.6 Å². The molecule has 2 aromatic carbocycles. The molecule has 0 saturated carbocycles. The van der Waals surface area contributed by atoms with Crippen LogP contribution in [0.5, 0.6) is 11.5 Å². The number of morpholine rings is 1. The molecule has 0 aromatic heterocycles. The summed E-state index contributed by atoms with van der Waals surface area (Å²) in [5.41, 5.74) is 1.47. The molecule has 1 unspecified atom stereocenters. The maximum Gasteiger partial charge on any atom is 0.253 e. The first-order chi connectivity index (χ1) is 14.9. The summed E-state index contributed by atoms with van der Waals surface area (Å²) in [7, 11) is 0. The van der Waals surface area contributed by atoms with Crippen molar-refractivity contribution in [3.63, 3.8) is 0 Å². The molecule has 0 spiro atoms. The molecule has 2 aliphatic rings. The van der Waals surface area contributed by atoms with Crippen molar-refractivity contribution >= 4 is 29.4 Å². The Morgan fingerprint density at radius 2 is 2.10 bits per heavy atom. The lowest BCUT2D eigenvalue weighted by atomic mass is 10.1. The first-order valence-electron chi connectivity index (χ1n) is 9.88. The summed E-state index contributed by atoms with van der Waals surface area (Å²) in [5, 5.41) is 0.571. The van der Waals surface area contributed by atoms with Crippen LogP contribution in [0, 0.1) is 5.82 Å². The number of benzene rings is 2. The molecule has 1 amide bonds. The van der Waals surface area contributed by atoms with Crippen molar-refractivity contribution in [1.82, 2.24) is 4.90 Å². The van der Waals surface area contributed by atoms with E-state index in [2.05, 4.69) is 0 Å². The van der Waals surface area contributed by atoms with Gasteiger partial charge < -0.3 is 19.1 Å². The van der Waals surface area contributed by atoms with Gasteiger partial charge in [0.1, 0.15) is 36.6 Å². The average Bonchev–Trinajstić information content (AvgIpc) is 2.77. The Balaban J connectivity index is 1.41. The number of hydrogen-bond donors (Lipinski definition) is 0. The molecule has 1 saturated heterocycles. The lowest BCUT2D eigenvalue weighted by Gasteiger charge is -2.34. The second kappa shape index (κ2) is 9.08. The first kappa shape index (κ1) is 21.3. The fourth-order valence-corrected chi connectivity index (χ4v) is 3.75. The molecule has 2 aliphatic heterocycles. The van der Waals surface area contributed by atoms with Gasteiger partial charge in [-0.2, -0.15) is 0 Å². The van der Waals surface area contributed by atoms with Crippen LogP contribution in [0.3, 0.4) is 0 Å². The molecule has 0 radical (unpaired) electrons. The number of ether oxygens (including phenoxy) is 3. The third kappa shape index (κ3) is 4.89. The van der Waals surface area contributed by atoms with Crippen LogP contribution in [0.1, 0.15) is 22.8 Å². The molecule has 31 heavy (non-hydrogen) atoms. The zero-order valence-electron chi connectivity index (χ0n) is 16.9. The smallest absolute Gasteiger partial charge is 0.253 e. The predicted octanol–water partition coefficient (Wildman–Crippen LogP) is 3.76. The number of fused-ring (bicyclic) bond motifs is 1. The highest BCUT2D eigenvalue weighted by Gasteiger charge is 2.28. The zero-order valence-corrected chi connectivity index (χ0v) is 17.7. The number of rotatable bonds is 5. The van der Waals surface area contributed by atoms with Gasteiger partial charge in [-0.1, -0.05) is 11.6 Å². The second-order valence-electron chi connectivity index (χ2n) is 7.39. The Hall–Kier alpha value is -2.90. The number of carbonyl (C=O) groups excluding carboxylic acids is 2. The van der Waals surface area contributed by atoms with Crippen LogP contribution in [0.4, 0.5) is 4.39 Å². The van der Waals surface area contributed by atoms with Crippen LogP contribution in [0.25, 0.3) is 6.08 Å². The van der Waals surface area contributed by atoms with Crippen molar-refractivity contribution in [1.29, 1.82) is 0 Å². The molecule has 1 fully saturated rings. The van der Waals surface area contributed by atoms with Crippen molar-refractivity contribution in [3.05, 3.63) is 63.9 Å². The summed E-state index contributed by atoms with van der Waals surface area (Å²) in [6, 6.07) is 9.08. The zero-order chi connectivity index (χ0) is 22.0. The average molecular weight is 446 g/mol. The van der Waals surface area contributed by atoms with Gasteiger partial charge in [0.05, 0.1) is 24.3 Å². The number of amides is 1. The molecule has 0 bridgehead atoms. The topological polar surface area (TPSA) is 65.1 Å². The number of carbonyl (C=O) groups is 2. The Morgan fingerprint density at radius 1 is 1.26 bits per heavy atom. The molecule has 4 rings (SSSR count). The quantitative estimate of drug-likeness (QED) is 0.655. The molecule has 2 heterocycles. The number of hydrogen-bond acceptors (Lipinski definition) is 5. The van der Waals surface area contributed by atoms with Gasteiger partial charge in [0.25, 0.3) is 5.91 Å². The third-order valence-electron chi connectivity index (χ3n) is 5.13. The maximum atomic E-state index is 13.4. The third-order valence-corrected chi connectivity index (χ3v) is 5.37. The molecule has 2 aromatic rings. The Morgan fingerprint density at radius 3 is 2.90 bits per heavy atom. The molecule has 8 heteroatoms. The highest BCUT2D eigenvalue weighted by atomic mass is 35.5. The molecule has 0 aliphatic carbocycles. The van der Waals surface area contributed by atoms with Crippen molar-refractivity contribution < 1.29 is 28.2 Å². The number of nitrogens with zero attached hydrogens (tertiary/aromatic N) is 1. The van der Waals surface area contributed by atoms with Crippen molar-refractivity contribution in [2.45, 2.75) is 13.0 Å². The second-order valence-corrected chi connectivity index (χ2v) is 7.83. The molecule has 1 atom stereocenters. The van der Waals surface area contributed by atoms with Crippen LogP contribution in [0.2, 0.25) is 5.02 Å². The minimum absolute atomic E-state index is 0.129. The van der Waals surface area contributed by atoms with E-state index >= 15 is 0 Å². The fourth-order valence-electron chi connectivity index (χ4n) is 3.57. The number of Topliss-reactive ketones (excluding diaryl/α,β-unsaturated/α-hetero) is 1. The van der Waals surface area contributed by atoms with Crippen LogP contribution in [-0.2, 0) is 9.53 Å². The van der Waals surface area contributed by atoms with Gasteiger partial charge in [0, 0.05) is 17.1 Å². The first-order valence-corrected chi connectivity index (χ1v) is 10.3. The van der Waals surface area contributed by atoms with Crippen LogP contribution >= 0.6 is 11.6 Å². The van der Waals surface area contributed by atoms with Crippen LogP contribution < -0.4 is 9.47 Å². The number of halogens is 2. The maximum absolute atomic E-state index is 13.4.